The number of aromatic nitrogens is 3. The summed E-state index contributed by atoms with van der Waals surface area (Å²) in [6.45, 7) is 2.00. The molecule has 0 radical (unpaired) electrons. The van der Waals surface area contributed by atoms with Gasteiger partial charge in [-0.25, -0.2) is 4.98 Å². The molecule has 3 rings (SSSR count). The molecule has 16 heavy (non-hydrogen) atoms. The number of H-pyrrole nitrogens is 1. The highest BCUT2D eigenvalue weighted by Gasteiger charge is 2.11. The number of hydrogen-bond acceptors (Lipinski definition) is 4. The second kappa shape index (κ2) is 3.31. The molecule has 0 fully saturated rings. The zero-order valence-electron chi connectivity index (χ0n) is 8.69. The maximum absolute atomic E-state index is 5.99. The molecule has 0 aliphatic heterocycles. The Morgan fingerprint density at radius 2 is 2.31 bits per heavy atom. The zero-order chi connectivity index (χ0) is 11.1. The maximum Gasteiger partial charge on any atom is 0.150 e. The summed E-state index contributed by atoms with van der Waals surface area (Å²) in [5.41, 5.74) is 9.74. The Morgan fingerprint density at radius 1 is 1.44 bits per heavy atom. The number of nitrogens with one attached hydrogen (secondary N) is 1. The predicted molar refractivity (Wildman–Crippen MR) is 66.4 cm³/mol. The van der Waals surface area contributed by atoms with Crippen molar-refractivity contribution in [2.45, 2.75) is 6.92 Å². The molecule has 80 valence electrons. The lowest BCUT2D eigenvalue weighted by Crippen LogP contribution is -1.87. The molecule has 0 saturated carbocycles. The topological polar surface area (TPSA) is 67.6 Å². The molecule has 0 atom stereocenters. The van der Waals surface area contributed by atoms with Gasteiger partial charge in [0.05, 0.1) is 27.8 Å². The number of nitrogens with zero attached hydrogens (tertiary/aromatic N) is 2. The van der Waals surface area contributed by atoms with Gasteiger partial charge < -0.3 is 10.7 Å². The SMILES string of the molecule is Cc1csc(-c2nc3ccncc3[nH]2)c1N. The average molecular weight is 230 g/mol. The van der Waals surface area contributed by atoms with Crippen LogP contribution in [0.25, 0.3) is 21.7 Å². The number of aryl methyl sites for hydroxylation is 1. The largest absolute Gasteiger partial charge is 0.397 e. The summed E-state index contributed by atoms with van der Waals surface area (Å²) >= 11 is 1.61. The number of anilines is 1. The van der Waals surface area contributed by atoms with Crippen molar-refractivity contribution < 1.29 is 0 Å². The van der Waals surface area contributed by atoms with E-state index in [0.717, 1.165) is 33.0 Å². The van der Waals surface area contributed by atoms with Gasteiger partial charge in [0.2, 0.25) is 0 Å². The Hall–Kier alpha value is -1.88. The van der Waals surface area contributed by atoms with Gasteiger partial charge in [0.15, 0.2) is 5.82 Å². The van der Waals surface area contributed by atoms with Crippen molar-refractivity contribution in [3.8, 4) is 10.7 Å². The van der Waals surface area contributed by atoms with Crippen LogP contribution in [-0.2, 0) is 0 Å². The lowest BCUT2D eigenvalue weighted by Gasteiger charge is -1.94. The number of pyridine rings is 1. The third-order valence-electron chi connectivity index (χ3n) is 2.52. The first-order chi connectivity index (χ1) is 7.75. The molecule has 3 heterocycles. The molecule has 0 amide bonds. The number of rotatable bonds is 1. The van der Waals surface area contributed by atoms with E-state index >= 15 is 0 Å². The molecule has 3 N–H and O–H groups in total. The molecule has 3 aromatic heterocycles. The van der Waals surface area contributed by atoms with Crippen molar-refractivity contribution >= 4 is 28.1 Å². The van der Waals surface area contributed by atoms with Crippen LogP contribution in [0.2, 0.25) is 0 Å². The van der Waals surface area contributed by atoms with Gasteiger partial charge in [0.1, 0.15) is 0 Å². The minimum absolute atomic E-state index is 0.803. The summed E-state index contributed by atoms with van der Waals surface area (Å²) in [7, 11) is 0. The summed E-state index contributed by atoms with van der Waals surface area (Å²) in [6.07, 6.45) is 3.50. The van der Waals surface area contributed by atoms with E-state index in [1.807, 2.05) is 18.4 Å². The third kappa shape index (κ3) is 1.29. The predicted octanol–water partition coefficient (Wildman–Crippen LogP) is 2.58. The minimum Gasteiger partial charge on any atom is -0.397 e. The van der Waals surface area contributed by atoms with Gasteiger partial charge in [0, 0.05) is 6.20 Å². The average Bonchev–Trinajstić information content (AvgIpc) is 2.84. The smallest absolute Gasteiger partial charge is 0.150 e. The molecule has 0 unspecified atom stereocenters. The number of fused-ring (bicyclic) bond motifs is 1. The molecule has 3 aromatic rings. The van der Waals surface area contributed by atoms with E-state index in [1.54, 1.807) is 23.7 Å². The van der Waals surface area contributed by atoms with Gasteiger partial charge in [-0.2, -0.15) is 0 Å². The van der Waals surface area contributed by atoms with Crippen molar-refractivity contribution in [3.63, 3.8) is 0 Å². The van der Waals surface area contributed by atoms with Gasteiger partial charge in [0.25, 0.3) is 0 Å². The van der Waals surface area contributed by atoms with Gasteiger partial charge in [-0.3, -0.25) is 4.98 Å². The highest BCUT2D eigenvalue weighted by Crippen LogP contribution is 2.33. The lowest BCUT2D eigenvalue weighted by atomic mass is 10.3. The van der Waals surface area contributed by atoms with Crippen molar-refractivity contribution in [2.75, 3.05) is 5.73 Å². The summed E-state index contributed by atoms with van der Waals surface area (Å²) in [5.74, 6) is 0.818. The fourth-order valence-corrected chi connectivity index (χ4v) is 2.52. The van der Waals surface area contributed by atoms with E-state index in [2.05, 4.69) is 15.0 Å². The molecule has 4 nitrogen and oxygen atoms in total. The molecule has 0 spiro atoms. The monoisotopic (exact) mass is 230 g/mol. The van der Waals surface area contributed by atoms with Gasteiger partial charge in [-0.1, -0.05) is 0 Å². The number of thiophene rings is 1. The Balaban J connectivity index is 2.23. The molecule has 0 aromatic carbocycles. The van der Waals surface area contributed by atoms with Crippen LogP contribution in [0.3, 0.4) is 0 Å². The first-order valence-electron chi connectivity index (χ1n) is 4.89. The maximum atomic E-state index is 5.99. The Bertz CT molecular complexity index is 620. The molecule has 0 saturated heterocycles. The normalized spacial score (nSPS) is 11.1. The fraction of sp³-hybridized carbons (Fsp3) is 0.0909. The van der Waals surface area contributed by atoms with Crippen LogP contribution in [0.1, 0.15) is 5.56 Å². The van der Waals surface area contributed by atoms with Crippen molar-refractivity contribution in [3.05, 3.63) is 29.4 Å². The van der Waals surface area contributed by atoms with E-state index in [-0.39, 0.29) is 0 Å². The van der Waals surface area contributed by atoms with E-state index in [0.29, 0.717) is 0 Å². The van der Waals surface area contributed by atoms with Gasteiger partial charge in [-0.15, -0.1) is 11.3 Å². The standard InChI is InChI=1S/C11H10N4S/c1-6-5-16-10(9(6)12)11-14-7-2-3-13-4-8(7)15-11/h2-5H,12H2,1H3,(H,14,15). The number of hydrogen-bond donors (Lipinski definition) is 2. The summed E-state index contributed by atoms with van der Waals surface area (Å²) in [6, 6.07) is 1.88. The first kappa shape index (κ1) is 9.35. The minimum atomic E-state index is 0.803. The van der Waals surface area contributed by atoms with Crippen LogP contribution in [0, 0.1) is 6.92 Å². The molecular weight excluding hydrogens is 220 g/mol. The second-order valence-electron chi connectivity index (χ2n) is 3.64. The highest BCUT2D eigenvalue weighted by molar-refractivity contribution is 7.14. The van der Waals surface area contributed by atoms with Crippen molar-refractivity contribution in [1.29, 1.82) is 0 Å². The second-order valence-corrected chi connectivity index (χ2v) is 4.52. The van der Waals surface area contributed by atoms with Gasteiger partial charge in [-0.05, 0) is 23.9 Å². The molecule has 5 heteroatoms. The quantitative estimate of drug-likeness (QED) is 0.675. The number of nitrogens with two attached hydrogens (primary N) is 1. The first-order valence-corrected chi connectivity index (χ1v) is 5.77. The third-order valence-corrected chi connectivity index (χ3v) is 3.64. The number of imidazole rings is 1. The Labute approximate surface area is 96.2 Å². The van der Waals surface area contributed by atoms with E-state index in [1.165, 1.54) is 0 Å². The Kier molecular flexibility index (Phi) is 1.94. The molecule has 0 aliphatic rings. The van der Waals surface area contributed by atoms with Crippen LogP contribution < -0.4 is 5.73 Å². The Morgan fingerprint density at radius 3 is 3.00 bits per heavy atom. The van der Waals surface area contributed by atoms with E-state index < -0.39 is 0 Å². The lowest BCUT2D eigenvalue weighted by molar-refractivity contribution is 1.34. The van der Waals surface area contributed by atoms with Crippen LogP contribution in [0.5, 0.6) is 0 Å². The summed E-state index contributed by atoms with van der Waals surface area (Å²) in [4.78, 5) is 12.8. The van der Waals surface area contributed by atoms with Crippen LogP contribution in [0.15, 0.2) is 23.8 Å². The molecule has 0 bridgehead atoms. The molecular formula is C11H10N4S. The zero-order valence-corrected chi connectivity index (χ0v) is 9.51. The van der Waals surface area contributed by atoms with E-state index in [4.69, 9.17) is 5.73 Å². The van der Waals surface area contributed by atoms with Crippen LogP contribution >= 0.6 is 11.3 Å². The van der Waals surface area contributed by atoms with E-state index in [9.17, 15) is 0 Å². The number of nitrogen functional groups attached to an aromatic ring is 1. The highest BCUT2D eigenvalue weighted by atomic mass is 32.1. The van der Waals surface area contributed by atoms with Crippen molar-refractivity contribution in [1.82, 2.24) is 15.0 Å². The van der Waals surface area contributed by atoms with Gasteiger partial charge >= 0.3 is 0 Å². The summed E-state index contributed by atoms with van der Waals surface area (Å²) < 4.78 is 0. The molecule has 0 aliphatic carbocycles. The van der Waals surface area contributed by atoms with Crippen LogP contribution in [0.4, 0.5) is 5.69 Å². The number of aromatic amines is 1. The van der Waals surface area contributed by atoms with Crippen LogP contribution in [-0.4, -0.2) is 15.0 Å². The summed E-state index contributed by atoms with van der Waals surface area (Å²) in [5, 5.41) is 2.04. The van der Waals surface area contributed by atoms with Crippen molar-refractivity contribution in [2.24, 2.45) is 0 Å². The fourth-order valence-electron chi connectivity index (χ4n) is 1.60.